The van der Waals surface area contributed by atoms with E-state index in [4.69, 9.17) is 0 Å². The normalized spacial score (nSPS) is 44.4. The lowest BCUT2D eigenvalue weighted by molar-refractivity contribution is -0.137. The van der Waals surface area contributed by atoms with Crippen molar-refractivity contribution in [2.24, 2.45) is 16.7 Å². The van der Waals surface area contributed by atoms with Crippen molar-refractivity contribution < 1.29 is 9.59 Å². The van der Waals surface area contributed by atoms with Crippen molar-refractivity contribution in [2.45, 2.75) is 58.5 Å². The molecule has 1 aliphatic heterocycles. The molecular weight excluding hydrogens is 240 g/mol. The average molecular weight is 264 g/mol. The van der Waals surface area contributed by atoms with Gasteiger partial charge in [0.05, 0.1) is 12.5 Å². The van der Waals surface area contributed by atoms with Crippen LogP contribution in [0, 0.1) is 16.7 Å². The second kappa shape index (κ2) is 3.81. The summed E-state index contributed by atoms with van der Waals surface area (Å²) in [7, 11) is 1.58. The van der Waals surface area contributed by atoms with Gasteiger partial charge >= 0.3 is 0 Å². The van der Waals surface area contributed by atoms with Crippen molar-refractivity contribution in [1.29, 1.82) is 0 Å². The molecule has 106 valence electrons. The van der Waals surface area contributed by atoms with Crippen molar-refractivity contribution >= 4 is 11.8 Å². The second-order valence-electron chi connectivity index (χ2n) is 7.56. The summed E-state index contributed by atoms with van der Waals surface area (Å²) in [6.45, 7) is 6.96. The Hall–Kier alpha value is -0.900. The van der Waals surface area contributed by atoms with Gasteiger partial charge in [-0.15, -0.1) is 0 Å². The fourth-order valence-electron chi connectivity index (χ4n) is 4.80. The minimum Gasteiger partial charge on any atom is -0.302 e. The van der Waals surface area contributed by atoms with E-state index < -0.39 is 0 Å². The van der Waals surface area contributed by atoms with Gasteiger partial charge < -0.3 is 5.32 Å². The number of nitrogens with one attached hydrogen (secondary N) is 1. The lowest BCUT2D eigenvalue weighted by Crippen LogP contribution is -2.55. The predicted octanol–water partition coefficient (Wildman–Crippen LogP) is 1.55. The fraction of sp³-hybridized carbons (Fsp3) is 0.867. The standard InChI is InChI=1S/C15H24N2O2/c1-14(2)9-5-6-15(3,8-9)13(14)16-10-7-11(18)17(4)12(10)19/h9-10,13,16H,5-8H2,1-4H3/t9-,10?,13?,15+/m0/s1. The molecule has 0 aromatic carbocycles. The molecule has 1 saturated heterocycles. The maximum absolute atomic E-state index is 12.1. The van der Waals surface area contributed by atoms with Crippen LogP contribution in [0.25, 0.3) is 0 Å². The molecule has 1 heterocycles. The monoisotopic (exact) mass is 264 g/mol. The first kappa shape index (κ1) is 13.1. The molecule has 0 radical (unpaired) electrons. The van der Waals surface area contributed by atoms with E-state index in [-0.39, 0.29) is 23.3 Å². The summed E-state index contributed by atoms with van der Waals surface area (Å²) in [5.74, 6) is 0.626. The van der Waals surface area contributed by atoms with Gasteiger partial charge in [0.25, 0.3) is 0 Å². The third-order valence-corrected chi connectivity index (χ3v) is 6.02. The molecule has 0 aromatic heterocycles. The number of nitrogens with zero attached hydrogens (tertiary/aromatic N) is 1. The topological polar surface area (TPSA) is 49.4 Å². The molecule has 2 bridgehead atoms. The first-order valence-corrected chi connectivity index (χ1v) is 7.32. The molecule has 2 amide bonds. The highest BCUT2D eigenvalue weighted by atomic mass is 16.2. The first-order valence-electron chi connectivity index (χ1n) is 7.32. The van der Waals surface area contributed by atoms with Crippen molar-refractivity contribution in [3.8, 4) is 0 Å². The summed E-state index contributed by atoms with van der Waals surface area (Å²) in [5.41, 5.74) is 0.510. The number of rotatable bonds is 2. The fourth-order valence-corrected chi connectivity index (χ4v) is 4.80. The third-order valence-electron chi connectivity index (χ3n) is 6.02. The van der Waals surface area contributed by atoms with Crippen LogP contribution >= 0.6 is 0 Å². The Balaban J connectivity index is 1.80. The van der Waals surface area contributed by atoms with E-state index in [0.717, 1.165) is 5.92 Å². The van der Waals surface area contributed by atoms with Gasteiger partial charge in [-0.25, -0.2) is 0 Å². The van der Waals surface area contributed by atoms with Gasteiger partial charge in [-0.05, 0) is 36.0 Å². The van der Waals surface area contributed by atoms with Gasteiger partial charge in [-0.1, -0.05) is 20.8 Å². The van der Waals surface area contributed by atoms with E-state index in [0.29, 0.717) is 17.9 Å². The third kappa shape index (κ3) is 1.69. The van der Waals surface area contributed by atoms with Gasteiger partial charge in [0, 0.05) is 13.1 Å². The zero-order chi connectivity index (χ0) is 14.0. The van der Waals surface area contributed by atoms with E-state index in [1.54, 1.807) is 7.05 Å². The Bertz CT molecular complexity index is 441. The average Bonchev–Trinajstić information content (AvgIpc) is 2.89. The number of amides is 2. The summed E-state index contributed by atoms with van der Waals surface area (Å²) < 4.78 is 0. The van der Waals surface area contributed by atoms with E-state index in [1.807, 2.05) is 0 Å². The Morgan fingerprint density at radius 3 is 2.42 bits per heavy atom. The molecule has 0 spiro atoms. The molecule has 2 unspecified atom stereocenters. The van der Waals surface area contributed by atoms with Crippen LogP contribution in [0.5, 0.6) is 0 Å². The largest absolute Gasteiger partial charge is 0.302 e. The number of likely N-dealkylation sites (N-methyl/N-ethyl adjacent to an activating group) is 1. The van der Waals surface area contributed by atoms with Gasteiger partial charge in [-0.2, -0.15) is 0 Å². The van der Waals surface area contributed by atoms with Gasteiger partial charge in [0.1, 0.15) is 0 Å². The SMILES string of the molecule is CN1C(=O)CC(NC2C(C)(C)[C@H]3CC[C@]2(C)C3)C1=O. The lowest BCUT2D eigenvalue weighted by Gasteiger charge is -2.44. The number of carbonyl (C=O) groups is 2. The lowest BCUT2D eigenvalue weighted by atomic mass is 9.68. The van der Waals surface area contributed by atoms with Gasteiger partial charge in [-0.3, -0.25) is 14.5 Å². The zero-order valence-corrected chi connectivity index (χ0v) is 12.3. The van der Waals surface area contributed by atoms with E-state index >= 15 is 0 Å². The highest BCUT2D eigenvalue weighted by molar-refractivity contribution is 6.05. The maximum atomic E-state index is 12.1. The van der Waals surface area contributed by atoms with Gasteiger partial charge in [0.15, 0.2) is 0 Å². The van der Waals surface area contributed by atoms with Crippen molar-refractivity contribution in [2.75, 3.05) is 7.05 Å². The molecule has 1 N–H and O–H groups in total. The second-order valence-corrected chi connectivity index (χ2v) is 7.56. The number of fused-ring (bicyclic) bond motifs is 2. The molecule has 4 nitrogen and oxygen atoms in total. The highest BCUT2D eigenvalue weighted by Crippen LogP contribution is 2.62. The van der Waals surface area contributed by atoms with Crippen LogP contribution in [0.15, 0.2) is 0 Å². The zero-order valence-electron chi connectivity index (χ0n) is 12.3. The highest BCUT2D eigenvalue weighted by Gasteiger charge is 2.60. The minimum atomic E-state index is -0.307. The van der Waals surface area contributed by atoms with Crippen LogP contribution in [0.3, 0.4) is 0 Å². The molecule has 3 fully saturated rings. The van der Waals surface area contributed by atoms with E-state index in [2.05, 4.69) is 26.1 Å². The number of imide groups is 1. The number of hydrogen-bond acceptors (Lipinski definition) is 3. The summed E-state index contributed by atoms with van der Waals surface area (Å²) in [6, 6.07) is 0.0324. The van der Waals surface area contributed by atoms with E-state index in [1.165, 1.54) is 24.2 Å². The van der Waals surface area contributed by atoms with E-state index in [9.17, 15) is 9.59 Å². The molecule has 0 aromatic rings. The maximum Gasteiger partial charge on any atom is 0.246 e. The summed E-state index contributed by atoms with van der Waals surface area (Å²) in [6.07, 6.45) is 4.12. The Morgan fingerprint density at radius 2 is 1.95 bits per heavy atom. The van der Waals surface area contributed by atoms with Crippen LogP contribution < -0.4 is 5.32 Å². The predicted molar refractivity (Wildman–Crippen MR) is 72.3 cm³/mol. The molecule has 4 atom stereocenters. The number of carbonyl (C=O) groups excluding carboxylic acids is 2. The molecular formula is C15H24N2O2. The van der Waals surface area contributed by atoms with Crippen LogP contribution in [0.1, 0.15) is 46.5 Å². The quantitative estimate of drug-likeness (QED) is 0.770. The van der Waals surface area contributed by atoms with Crippen molar-refractivity contribution in [3.05, 3.63) is 0 Å². The molecule has 2 saturated carbocycles. The minimum absolute atomic E-state index is 0.0615. The Morgan fingerprint density at radius 1 is 1.26 bits per heavy atom. The Labute approximate surface area is 114 Å². The number of likely N-dealkylation sites (tertiary alicyclic amines) is 1. The molecule has 4 heteroatoms. The van der Waals surface area contributed by atoms with Gasteiger partial charge in [0.2, 0.25) is 11.8 Å². The van der Waals surface area contributed by atoms with Crippen molar-refractivity contribution in [1.82, 2.24) is 10.2 Å². The summed E-state index contributed by atoms with van der Waals surface area (Å²) in [5, 5.41) is 3.54. The summed E-state index contributed by atoms with van der Waals surface area (Å²) in [4.78, 5) is 25.0. The van der Waals surface area contributed by atoms with Crippen LogP contribution in [-0.2, 0) is 9.59 Å². The van der Waals surface area contributed by atoms with Crippen LogP contribution in [-0.4, -0.2) is 35.8 Å². The molecule has 2 aliphatic carbocycles. The van der Waals surface area contributed by atoms with Crippen LogP contribution in [0.4, 0.5) is 0 Å². The molecule has 3 aliphatic rings. The van der Waals surface area contributed by atoms with Crippen molar-refractivity contribution in [3.63, 3.8) is 0 Å². The molecule has 19 heavy (non-hydrogen) atoms. The summed E-state index contributed by atoms with van der Waals surface area (Å²) >= 11 is 0. The van der Waals surface area contributed by atoms with Crippen LogP contribution in [0.2, 0.25) is 0 Å². The molecule has 3 rings (SSSR count). The number of hydrogen-bond donors (Lipinski definition) is 1. The Kier molecular flexibility index (Phi) is 2.63. The first-order chi connectivity index (χ1) is 8.75. The smallest absolute Gasteiger partial charge is 0.246 e.